The number of piperazine rings is 1. The largest absolute Gasteiger partial charge is 0.317 e. The van der Waals surface area contributed by atoms with Crippen LogP contribution in [0.1, 0.15) is 32.1 Å². The first-order chi connectivity index (χ1) is 7.90. The van der Waals surface area contributed by atoms with E-state index in [9.17, 15) is 0 Å². The summed E-state index contributed by atoms with van der Waals surface area (Å²) in [5.41, 5.74) is 0. The maximum absolute atomic E-state index is 3.54. The Labute approximate surface area is 100.0 Å². The Kier molecular flexibility index (Phi) is 5.07. The fourth-order valence-electron chi connectivity index (χ4n) is 3.23. The molecule has 0 radical (unpaired) electrons. The third kappa shape index (κ3) is 3.44. The van der Waals surface area contributed by atoms with Crippen LogP contribution in [0, 0.1) is 5.92 Å². The number of nitrogens with one attached hydrogen (secondary N) is 2. The van der Waals surface area contributed by atoms with Crippen LogP contribution in [0.25, 0.3) is 0 Å². The summed E-state index contributed by atoms with van der Waals surface area (Å²) in [5, 5.41) is 6.96. The molecule has 2 rings (SSSR count). The van der Waals surface area contributed by atoms with Crippen molar-refractivity contribution in [3.05, 3.63) is 0 Å². The van der Waals surface area contributed by atoms with Gasteiger partial charge in [0.15, 0.2) is 0 Å². The van der Waals surface area contributed by atoms with Gasteiger partial charge in [0.1, 0.15) is 0 Å². The van der Waals surface area contributed by atoms with E-state index in [0.717, 1.165) is 12.0 Å². The van der Waals surface area contributed by atoms with E-state index in [1.807, 2.05) is 0 Å². The lowest BCUT2D eigenvalue weighted by Gasteiger charge is -2.30. The monoisotopic (exact) mass is 225 g/mol. The summed E-state index contributed by atoms with van der Waals surface area (Å²) in [5.74, 6) is 0.952. The molecule has 3 heteroatoms. The van der Waals surface area contributed by atoms with Crippen molar-refractivity contribution >= 4 is 0 Å². The molecule has 0 bridgehead atoms. The molecule has 0 amide bonds. The molecule has 2 fully saturated rings. The van der Waals surface area contributed by atoms with Crippen molar-refractivity contribution < 1.29 is 0 Å². The lowest BCUT2D eigenvalue weighted by atomic mass is 9.95. The van der Waals surface area contributed by atoms with E-state index in [1.165, 1.54) is 64.8 Å². The highest BCUT2D eigenvalue weighted by molar-refractivity contribution is 4.81. The number of rotatable bonds is 5. The highest BCUT2D eigenvalue weighted by atomic mass is 15.2. The first-order valence-electron chi connectivity index (χ1n) is 7.00. The lowest BCUT2D eigenvalue weighted by molar-refractivity contribution is 0.216. The van der Waals surface area contributed by atoms with Crippen molar-refractivity contribution in [2.75, 3.05) is 39.8 Å². The fraction of sp³-hybridized carbons (Fsp3) is 1.00. The summed E-state index contributed by atoms with van der Waals surface area (Å²) >= 11 is 0. The normalized spacial score (nSPS) is 26.1. The topological polar surface area (TPSA) is 27.3 Å². The van der Waals surface area contributed by atoms with E-state index >= 15 is 0 Å². The standard InChI is InChI=1S/C13H27N3/c1-14-13(12-4-2-3-5-12)6-9-16-10-7-15-8-11-16/h12-15H,2-11H2,1H3. The fourth-order valence-corrected chi connectivity index (χ4v) is 3.23. The molecule has 2 N–H and O–H groups in total. The van der Waals surface area contributed by atoms with Gasteiger partial charge in [0.2, 0.25) is 0 Å². The molecular weight excluding hydrogens is 198 g/mol. The molecule has 16 heavy (non-hydrogen) atoms. The van der Waals surface area contributed by atoms with Crippen molar-refractivity contribution in [3.8, 4) is 0 Å². The highest BCUT2D eigenvalue weighted by Gasteiger charge is 2.24. The van der Waals surface area contributed by atoms with Gasteiger partial charge in [0, 0.05) is 32.2 Å². The molecule has 1 heterocycles. The molecule has 0 spiro atoms. The van der Waals surface area contributed by atoms with E-state index in [4.69, 9.17) is 0 Å². The van der Waals surface area contributed by atoms with Crippen LogP contribution >= 0.6 is 0 Å². The molecule has 0 aromatic carbocycles. The van der Waals surface area contributed by atoms with Crippen LogP contribution in [0.5, 0.6) is 0 Å². The van der Waals surface area contributed by atoms with Crippen LogP contribution in [0.15, 0.2) is 0 Å². The second-order valence-electron chi connectivity index (χ2n) is 5.32. The van der Waals surface area contributed by atoms with Crippen LogP contribution in [-0.4, -0.2) is 50.7 Å². The van der Waals surface area contributed by atoms with Gasteiger partial charge >= 0.3 is 0 Å². The Bertz CT molecular complexity index is 184. The predicted octanol–water partition coefficient (Wildman–Crippen LogP) is 1.06. The summed E-state index contributed by atoms with van der Waals surface area (Å²) in [6.45, 7) is 6.10. The molecule has 1 unspecified atom stereocenters. The molecule has 0 aromatic rings. The Morgan fingerprint density at radius 1 is 1.25 bits per heavy atom. The SMILES string of the molecule is CNC(CCN1CCNCC1)C1CCCC1. The van der Waals surface area contributed by atoms with Gasteiger partial charge in [0.05, 0.1) is 0 Å². The lowest BCUT2D eigenvalue weighted by Crippen LogP contribution is -2.45. The Balaban J connectivity index is 1.69. The van der Waals surface area contributed by atoms with Crippen LogP contribution < -0.4 is 10.6 Å². The van der Waals surface area contributed by atoms with Crippen LogP contribution in [-0.2, 0) is 0 Å². The average Bonchev–Trinajstić information content (AvgIpc) is 2.85. The molecule has 1 saturated heterocycles. The van der Waals surface area contributed by atoms with Gasteiger partial charge in [-0.05, 0) is 38.8 Å². The van der Waals surface area contributed by atoms with Gasteiger partial charge in [-0.1, -0.05) is 12.8 Å². The molecule has 2 aliphatic rings. The molecule has 94 valence electrons. The quantitative estimate of drug-likeness (QED) is 0.732. The maximum Gasteiger partial charge on any atom is 0.0107 e. The van der Waals surface area contributed by atoms with Gasteiger partial charge in [-0.2, -0.15) is 0 Å². The number of hydrogen-bond acceptors (Lipinski definition) is 3. The second kappa shape index (κ2) is 6.58. The highest BCUT2D eigenvalue weighted by Crippen LogP contribution is 2.28. The first-order valence-corrected chi connectivity index (χ1v) is 7.00. The zero-order valence-corrected chi connectivity index (χ0v) is 10.7. The van der Waals surface area contributed by atoms with Crippen molar-refractivity contribution in [1.82, 2.24) is 15.5 Å². The minimum absolute atomic E-state index is 0.761. The second-order valence-corrected chi connectivity index (χ2v) is 5.32. The zero-order chi connectivity index (χ0) is 11.2. The minimum Gasteiger partial charge on any atom is -0.317 e. The van der Waals surface area contributed by atoms with Crippen LogP contribution in [0.3, 0.4) is 0 Å². The van der Waals surface area contributed by atoms with Gasteiger partial charge in [-0.25, -0.2) is 0 Å². The Hall–Kier alpha value is -0.120. The Morgan fingerprint density at radius 2 is 1.94 bits per heavy atom. The van der Waals surface area contributed by atoms with Crippen molar-refractivity contribution in [2.45, 2.75) is 38.1 Å². The number of nitrogens with zero attached hydrogens (tertiary/aromatic N) is 1. The molecular formula is C13H27N3. The molecule has 1 aliphatic heterocycles. The van der Waals surface area contributed by atoms with E-state index < -0.39 is 0 Å². The molecule has 1 saturated carbocycles. The van der Waals surface area contributed by atoms with Crippen molar-refractivity contribution in [1.29, 1.82) is 0 Å². The van der Waals surface area contributed by atoms with Crippen molar-refractivity contribution in [2.24, 2.45) is 5.92 Å². The molecule has 3 nitrogen and oxygen atoms in total. The van der Waals surface area contributed by atoms with Crippen LogP contribution in [0.2, 0.25) is 0 Å². The molecule has 1 atom stereocenters. The summed E-state index contributed by atoms with van der Waals surface area (Å²) in [4.78, 5) is 2.61. The van der Waals surface area contributed by atoms with E-state index in [0.29, 0.717) is 0 Å². The zero-order valence-electron chi connectivity index (χ0n) is 10.7. The summed E-state index contributed by atoms with van der Waals surface area (Å²) < 4.78 is 0. The summed E-state index contributed by atoms with van der Waals surface area (Å²) in [7, 11) is 2.14. The summed E-state index contributed by atoms with van der Waals surface area (Å²) in [6, 6.07) is 0.761. The maximum atomic E-state index is 3.54. The molecule has 1 aliphatic carbocycles. The smallest absolute Gasteiger partial charge is 0.0107 e. The third-order valence-electron chi connectivity index (χ3n) is 4.31. The van der Waals surface area contributed by atoms with Gasteiger partial charge in [-0.15, -0.1) is 0 Å². The third-order valence-corrected chi connectivity index (χ3v) is 4.31. The molecule has 0 aromatic heterocycles. The summed E-state index contributed by atoms with van der Waals surface area (Å²) in [6.07, 6.45) is 7.15. The van der Waals surface area contributed by atoms with Crippen molar-refractivity contribution in [3.63, 3.8) is 0 Å². The predicted molar refractivity (Wildman–Crippen MR) is 68.7 cm³/mol. The van der Waals surface area contributed by atoms with Gasteiger partial charge in [-0.3, -0.25) is 0 Å². The van der Waals surface area contributed by atoms with E-state index in [-0.39, 0.29) is 0 Å². The number of hydrogen-bond donors (Lipinski definition) is 2. The first kappa shape index (κ1) is 12.3. The minimum atomic E-state index is 0.761. The van der Waals surface area contributed by atoms with E-state index in [1.54, 1.807) is 0 Å². The Morgan fingerprint density at radius 3 is 2.56 bits per heavy atom. The van der Waals surface area contributed by atoms with E-state index in [2.05, 4.69) is 22.6 Å². The average molecular weight is 225 g/mol. The van der Waals surface area contributed by atoms with Gasteiger partial charge < -0.3 is 15.5 Å². The van der Waals surface area contributed by atoms with Crippen LogP contribution in [0.4, 0.5) is 0 Å². The van der Waals surface area contributed by atoms with Gasteiger partial charge in [0.25, 0.3) is 0 Å².